The zero-order valence-electron chi connectivity index (χ0n) is 8.07. The molecule has 1 N–H and O–H groups in total. The van der Waals surface area contributed by atoms with Crippen LogP contribution in [0, 0.1) is 0 Å². The van der Waals surface area contributed by atoms with E-state index in [0.717, 1.165) is 11.3 Å². The van der Waals surface area contributed by atoms with Gasteiger partial charge in [-0.2, -0.15) is 11.8 Å². The number of hydrogen-bond donors (Lipinski definition) is 1. The van der Waals surface area contributed by atoms with Crippen molar-refractivity contribution in [2.45, 2.75) is 12.2 Å². The highest BCUT2D eigenvalue weighted by Crippen LogP contribution is 2.34. The third-order valence-corrected chi connectivity index (χ3v) is 2.99. The van der Waals surface area contributed by atoms with Gasteiger partial charge in [0.15, 0.2) is 0 Å². The fraction of sp³-hybridized carbons (Fsp3) is 0.400. The molecule has 1 unspecified atom stereocenters. The lowest BCUT2D eigenvalue weighted by atomic mass is 10.1. The standard InChI is InChI=1S/C10H14O2S/c1-7(13-3)9-6-8(12-2)4-5-10(9)11/h4-7,11H,1-3H3. The maximum absolute atomic E-state index is 9.56. The summed E-state index contributed by atoms with van der Waals surface area (Å²) in [5, 5.41) is 9.85. The van der Waals surface area contributed by atoms with Crippen LogP contribution in [0.3, 0.4) is 0 Å². The molecular weight excluding hydrogens is 184 g/mol. The van der Waals surface area contributed by atoms with Crippen molar-refractivity contribution in [3.05, 3.63) is 23.8 Å². The van der Waals surface area contributed by atoms with E-state index in [1.165, 1.54) is 0 Å². The van der Waals surface area contributed by atoms with Gasteiger partial charge in [-0.3, -0.25) is 0 Å². The van der Waals surface area contributed by atoms with Crippen molar-refractivity contribution in [2.24, 2.45) is 0 Å². The Morgan fingerprint density at radius 3 is 2.69 bits per heavy atom. The molecule has 3 heteroatoms. The van der Waals surface area contributed by atoms with E-state index in [-0.39, 0.29) is 5.25 Å². The highest BCUT2D eigenvalue weighted by molar-refractivity contribution is 7.98. The van der Waals surface area contributed by atoms with E-state index in [1.807, 2.05) is 12.3 Å². The first-order valence-electron chi connectivity index (χ1n) is 4.08. The Morgan fingerprint density at radius 1 is 1.46 bits per heavy atom. The first kappa shape index (κ1) is 10.3. The van der Waals surface area contributed by atoms with Crippen molar-refractivity contribution in [1.29, 1.82) is 0 Å². The average Bonchev–Trinajstić information content (AvgIpc) is 2.17. The number of thioether (sulfide) groups is 1. The van der Waals surface area contributed by atoms with E-state index in [2.05, 4.69) is 6.92 Å². The summed E-state index contributed by atoms with van der Waals surface area (Å²) in [7, 11) is 1.62. The quantitative estimate of drug-likeness (QED) is 0.809. The number of hydrogen-bond acceptors (Lipinski definition) is 3. The van der Waals surface area contributed by atoms with E-state index in [9.17, 15) is 5.11 Å². The number of methoxy groups -OCH3 is 1. The summed E-state index contributed by atoms with van der Waals surface area (Å²) in [6, 6.07) is 5.29. The summed E-state index contributed by atoms with van der Waals surface area (Å²) in [5.41, 5.74) is 0.923. The second kappa shape index (κ2) is 4.42. The van der Waals surface area contributed by atoms with E-state index in [1.54, 1.807) is 31.0 Å². The van der Waals surface area contributed by atoms with Crippen molar-refractivity contribution < 1.29 is 9.84 Å². The molecule has 72 valence electrons. The number of rotatable bonds is 3. The third-order valence-electron chi connectivity index (χ3n) is 2.03. The first-order chi connectivity index (χ1) is 6.19. The Bertz CT molecular complexity index is 286. The lowest BCUT2D eigenvalue weighted by Crippen LogP contribution is -1.90. The molecule has 0 saturated heterocycles. The Kier molecular flexibility index (Phi) is 3.48. The molecule has 0 heterocycles. The van der Waals surface area contributed by atoms with Gasteiger partial charge in [0, 0.05) is 10.8 Å². The van der Waals surface area contributed by atoms with Gasteiger partial charge < -0.3 is 9.84 Å². The molecule has 0 amide bonds. The van der Waals surface area contributed by atoms with Crippen LogP contribution in [-0.2, 0) is 0 Å². The van der Waals surface area contributed by atoms with Gasteiger partial charge in [-0.1, -0.05) is 0 Å². The topological polar surface area (TPSA) is 29.5 Å². The van der Waals surface area contributed by atoms with Gasteiger partial charge in [0.05, 0.1) is 7.11 Å². The van der Waals surface area contributed by atoms with Crippen LogP contribution in [0.1, 0.15) is 17.7 Å². The molecule has 1 aromatic rings. The van der Waals surface area contributed by atoms with E-state index >= 15 is 0 Å². The minimum absolute atomic E-state index is 0.287. The smallest absolute Gasteiger partial charge is 0.120 e. The lowest BCUT2D eigenvalue weighted by Gasteiger charge is -2.11. The predicted octanol–water partition coefficient (Wildman–Crippen LogP) is 2.82. The van der Waals surface area contributed by atoms with E-state index < -0.39 is 0 Å². The Hall–Kier alpha value is -0.830. The molecule has 0 aliphatic carbocycles. The van der Waals surface area contributed by atoms with Crippen LogP contribution >= 0.6 is 11.8 Å². The van der Waals surface area contributed by atoms with Gasteiger partial charge in [-0.25, -0.2) is 0 Å². The maximum Gasteiger partial charge on any atom is 0.120 e. The summed E-state index contributed by atoms with van der Waals surface area (Å²) in [6.45, 7) is 2.05. The number of aromatic hydroxyl groups is 1. The van der Waals surface area contributed by atoms with Crippen molar-refractivity contribution in [3.63, 3.8) is 0 Å². The zero-order chi connectivity index (χ0) is 9.84. The van der Waals surface area contributed by atoms with Gasteiger partial charge in [-0.15, -0.1) is 0 Å². The summed E-state index contributed by atoms with van der Waals surface area (Å²) < 4.78 is 5.08. The molecule has 0 aliphatic heterocycles. The van der Waals surface area contributed by atoms with Crippen molar-refractivity contribution >= 4 is 11.8 Å². The molecule has 1 rings (SSSR count). The fourth-order valence-corrected chi connectivity index (χ4v) is 1.55. The molecule has 0 spiro atoms. The van der Waals surface area contributed by atoms with Gasteiger partial charge in [0.2, 0.25) is 0 Å². The van der Waals surface area contributed by atoms with E-state index in [0.29, 0.717) is 5.75 Å². The summed E-state index contributed by atoms with van der Waals surface area (Å²) in [5.74, 6) is 1.12. The molecule has 0 fully saturated rings. The molecule has 0 radical (unpaired) electrons. The highest BCUT2D eigenvalue weighted by Gasteiger charge is 2.09. The van der Waals surface area contributed by atoms with Crippen LogP contribution in [0.2, 0.25) is 0 Å². The van der Waals surface area contributed by atoms with Crippen LogP contribution in [0.4, 0.5) is 0 Å². The monoisotopic (exact) mass is 198 g/mol. The number of phenols is 1. The SMILES string of the molecule is COc1ccc(O)c(C(C)SC)c1. The Labute approximate surface area is 82.9 Å². The molecule has 13 heavy (non-hydrogen) atoms. The van der Waals surface area contributed by atoms with Crippen molar-refractivity contribution in [1.82, 2.24) is 0 Å². The van der Waals surface area contributed by atoms with Crippen molar-refractivity contribution in [2.75, 3.05) is 13.4 Å². The van der Waals surface area contributed by atoms with Gasteiger partial charge >= 0.3 is 0 Å². The molecular formula is C10H14O2S. The molecule has 0 saturated carbocycles. The normalized spacial score (nSPS) is 12.5. The van der Waals surface area contributed by atoms with Gasteiger partial charge in [0.1, 0.15) is 11.5 Å². The summed E-state index contributed by atoms with van der Waals surface area (Å²) >= 11 is 1.70. The molecule has 2 nitrogen and oxygen atoms in total. The minimum atomic E-state index is 0.287. The predicted molar refractivity (Wildman–Crippen MR) is 56.6 cm³/mol. The lowest BCUT2D eigenvalue weighted by molar-refractivity contribution is 0.411. The zero-order valence-corrected chi connectivity index (χ0v) is 8.89. The Morgan fingerprint density at radius 2 is 2.15 bits per heavy atom. The number of phenolic OH excluding ortho intramolecular Hbond substituents is 1. The van der Waals surface area contributed by atoms with Crippen LogP contribution in [0.25, 0.3) is 0 Å². The number of benzene rings is 1. The minimum Gasteiger partial charge on any atom is -0.508 e. The molecule has 0 aromatic heterocycles. The first-order valence-corrected chi connectivity index (χ1v) is 5.37. The van der Waals surface area contributed by atoms with Crippen LogP contribution in [-0.4, -0.2) is 18.5 Å². The third kappa shape index (κ3) is 2.31. The molecule has 0 bridgehead atoms. The summed E-state index contributed by atoms with van der Waals surface area (Å²) in [4.78, 5) is 0. The molecule has 0 aliphatic rings. The maximum atomic E-state index is 9.56. The van der Waals surface area contributed by atoms with Gasteiger partial charge in [-0.05, 0) is 31.4 Å². The second-order valence-electron chi connectivity index (χ2n) is 2.80. The Balaban J connectivity index is 3.03. The van der Waals surface area contributed by atoms with Crippen molar-refractivity contribution in [3.8, 4) is 11.5 Å². The highest BCUT2D eigenvalue weighted by atomic mass is 32.2. The summed E-state index contributed by atoms with van der Waals surface area (Å²) in [6.07, 6.45) is 2.02. The van der Waals surface area contributed by atoms with E-state index in [4.69, 9.17) is 4.74 Å². The average molecular weight is 198 g/mol. The fourth-order valence-electron chi connectivity index (χ4n) is 1.11. The largest absolute Gasteiger partial charge is 0.508 e. The number of ether oxygens (including phenoxy) is 1. The molecule has 1 atom stereocenters. The van der Waals surface area contributed by atoms with Crippen LogP contribution in [0.15, 0.2) is 18.2 Å². The van der Waals surface area contributed by atoms with Crippen LogP contribution in [0.5, 0.6) is 11.5 Å². The van der Waals surface area contributed by atoms with Gasteiger partial charge in [0.25, 0.3) is 0 Å². The second-order valence-corrected chi connectivity index (χ2v) is 3.98. The van der Waals surface area contributed by atoms with Crippen LogP contribution < -0.4 is 4.74 Å². The molecule has 1 aromatic carbocycles.